The third-order valence-electron chi connectivity index (χ3n) is 3.14. The fourth-order valence-corrected chi connectivity index (χ4v) is 3.94. The summed E-state index contributed by atoms with van der Waals surface area (Å²) in [6.45, 7) is 1.29. The van der Waals surface area contributed by atoms with E-state index < -0.39 is 6.09 Å². The second-order valence-corrected chi connectivity index (χ2v) is 7.83. The number of carbonyl (C=O) groups excluding carboxylic acids is 1. The highest BCUT2D eigenvalue weighted by molar-refractivity contribution is 8.76. The molecule has 0 aliphatic rings. The van der Waals surface area contributed by atoms with E-state index >= 15 is 0 Å². The average Bonchev–Trinajstić information content (AvgIpc) is 2.51. The van der Waals surface area contributed by atoms with Crippen LogP contribution in [0, 0.1) is 0 Å². The Hall–Kier alpha value is -0.110. The topological polar surface area (TPSA) is 76.4 Å². The number of rotatable bonds is 16. The Bertz CT molecular complexity index is 247. The minimum absolute atomic E-state index is 0.420. The molecule has 0 aliphatic carbocycles. The summed E-state index contributed by atoms with van der Waals surface area (Å²) in [5.74, 6) is 2.02. The van der Waals surface area contributed by atoms with Crippen molar-refractivity contribution in [1.82, 2.24) is 10.9 Å². The summed E-state index contributed by atoms with van der Waals surface area (Å²) in [5, 5.41) is 0. The third kappa shape index (κ3) is 17.9. The van der Waals surface area contributed by atoms with Gasteiger partial charge < -0.3 is 10.5 Å². The van der Waals surface area contributed by atoms with Gasteiger partial charge >= 0.3 is 6.09 Å². The van der Waals surface area contributed by atoms with Gasteiger partial charge in [0.15, 0.2) is 0 Å². The lowest BCUT2D eigenvalue weighted by atomic mass is 10.1. The molecular formula is C15H33N3O2S2. The summed E-state index contributed by atoms with van der Waals surface area (Å²) in [4.78, 5) is 11.0. The number of unbranched alkanes of at least 4 members (excludes halogenated alkanes) is 8. The van der Waals surface area contributed by atoms with Crippen molar-refractivity contribution in [2.24, 2.45) is 5.73 Å². The van der Waals surface area contributed by atoms with Crippen LogP contribution in [0.25, 0.3) is 0 Å². The van der Waals surface area contributed by atoms with Crippen LogP contribution in [-0.4, -0.2) is 37.8 Å². The first-order valence-electron chi connectivity index (χ1n) is 8.35. The predicted octanol–water partition coefficient (Wildman–Crippen LogP) is 3.70. The summed E-state index contributed by atoms with van der Waals surface area (Å²) >= 11 is 0. The standard InChI is InChI=1S/C15H33N3O2S2/c1-17-18-15(19)20-12-14-22-21-13-10-8-6-4-2-3-5-7-9-11-16/h17H,2-14,16H2,1H3,(H,18,19). The zero-order valence-electron chi connectivity index (χ0n) is 13.9. The number of hydrogen-bond acceptors (Lipinski definition) is 6. The molecule has 0 spiro atoms. The molecule has 0 rings (SSSR count). The molecule has 0 bridgehead atoms. The van der Waals surface area contributed by atoms with Crippen LogP contribution in [0.4, 0.5) is 4.79 Å². The van der Waals surface area contributed by atoms with E-state index in [2.05, 4.69) is 10.9 Å². The molecule has 0 aliphatic heterocycles. The first-order chi connectivity index (χ1) is 10.8. The number of hydrazine groups is 1. The van der Waals surface area contributed by atoms with Gasteiger partial charge in [0.2, 0.25) is 0 Å². The van der Waals surface area contributed by atoms with E-state index in [9.17, 15) is 4.79 Å². The van der Waals surface area contributed by atoms with Gasteiger partial charge in [-0.2, -0.15) is 0 Å². The molecule has 7 heteroatoms. The van der Waals surface area contributed by atoms with Gasteiger partial charge in [-0.1, -0.05) is 66.5 Å². The molecule has 0 aromatic heterocycles. The highest BCUT2D eigenvalue weighted by Gasteiger charge is 1.99. The van der Waals surface area contributed by atoms with Crippen LogP contribution in [0.3, 0.4) is 0 Å². The van der Waals surface area contributed by atoms with E-state index in [1.807, 2.05) is 10.8 Å². The summed E-state index contributed by atoms with van der Waals surface area (Å²) in [6, 6.07) is 0. The van der Waals surface area contributed by atoms with E-state index in [0.29, 0.717) is 6.61 Å². The second kappa shape index (κ2) is 18.9. The molecule has 0 radical (unpaired) electrons. The zero-order valence-corrected chi connectivity index (χ0v) is 15.5. The van der Waals surface area contributed by atoms with Gasteiger partial charge in [0.05, 0.1) is 0 Å². The number of hydrogen-bond donors (Lipinski definition) is 3. The Labute approximate surface area is 143 Å². The predicted molar refractivity (Wildman–Crippen MR) is 99.1 cm³/mol. The molecule has 0 aromatic carbocycles. The number of amides is 1. The van der Waals surface area contributed by atoms with Crippen molar-refractivity contribution in [3.05, 3.63) is 0 Å². The van der Waals surface area contributed by atoms with Crippen LogP contribution in [0.1, 0.15) is 57.8 Å². The van der Waals surface area contributed by atoms with Crippen molar-refractivity contribution >= 4 is 27.7 Å². The Morgan fingerprint density at radius 1 is 0.909 bits per heavy atom. The van der Waals surface area contributed by atoms with Crippen LogP contribution in [0.5, 0.6) is 0 Å². The lowest BCUT2D eigenvalue weighted by Gasteiger charge is -2.05. The average molecular weight is 352 g/mol. The molecule has 0 saturated heterocycles. The summed E-state index contributed by atoms with van der Waals surface area (Å²) in [6.07, 6.45) is 11.5. The molecule has 0 aromatic rings. The van der Waals surface area contributed by atoms with Crippen molar-refractivity contribution in [2.75, 3.05) is 31.7 Å². The quantitative estimate of drug-likeness (QED) is 0.224. The summed E-state index contributed by atoms with van der Waals surface area (Å²) in [7, 11) is 5.28. The van der Waals surface area contributed by atoms with Crippen LogP contribution >= 0.6 is 21.6 Å². The molecule has 132 valence electrons. The monoisotopic (exact) mass is 351 g/mol. The van der Waals surface area contributed by atoms with Crippen LogP contribution in [0.2, 0.25) is 0 Å². The van der Waals surface area contributed by atoms with Gasteiger partial charge in [-0.3, -0.25) is 5.43 Å². The van der Waals surface area contributed by atoms with Crippen molar-refractivity contribution < 1.29 is 9.53 Å². The lowest BCUT2D eigenvalue weighted by molar-refractivity contribution is 0.149. The van der Waals surface area contributed by atoms with Gasteiger partial charge in [-0.05, 0) is 19.4 Å². The third-order valence-corrected chi connectivity index (χ3v) is 5.60. The Morgan fingerprint density at radius 3 is 2.05 bits per heavy atom. The number of nitrogens with two attached hydrogens (primary N) is 1. The molecule has 22 heavy (non-hydrogen) atoms. The van der Waals surface area contributed by atoms with Crippen molar-refractivity contribution in [3.63, 3.8) is 0 Å². The van der Waals surface area contributed by atoms with Gasteiger partial charge in [0, 0.05) is 18.6 Å². The lowest BCUT2D eigenvalue weighted by Crippen LogP contribution is -2.34. The number of nitrogens with one attached hydrogen (secondary N) is 2. The van der Waals surface area contributed by atoms with Crippen LogP contribution in [0.15, 0.2) is 0 Å². The maximum absolute atomic E-state index is 11.0. The van der Waals surface area contributed by atoms with E-state index in [1.54, 1.807) is 17.8 Å². The molecule has 0 unspecified atom stereocenters. The molecule has 5 nitrogen and oxygen atoms in total. The molecule has 1 amide bonds. The van der Waals surface area contributed by atoms with Gasteiger partial charge in [-0.25, -0.2) is 10.2 Å². The zero-order chi connectivity index (χ0) is 16.3. The van der Waals surface area contributed by atoms with Crippen molar-refractivity contribution in [2.45, 2.75) is 57.8 Å². The van der Waals surface area contributed by atoms with Gasteiger partial charge in [0.25, 0.3) is 0 Å². The molecule has 0 atom stereocenters. The maximum atomic E-state index is 11.0. The Morgan fingerprint density at radius 2 is 1.45 bits per heavy atom. The molecule has 0 fully saturated rings. The molecular weight excluding hydrogens is 318 g/mol. The van der Waals surface area contributed by atoms with E-state index in [4.69, 9.17) is 10.5 Å². The minimum atomic E-state index is -0.420. The van der Waals surface area contributed by atoms with Gasteiger partial charge in [-0.15, -0.1) is 0 Å². The maximum Gasteiger partial charge on any atom is 0.421 e. The summed E-state index contributed by atoms with van der Waals surface area (Å²) < 4.78 is 4.94. The first-order valence-corrected chi connectivity index (χ1v) is 10.8. The molecule has 4 N–H and O–H groups in total. The van der Waals surface area contributed by atoms with Crippen molar-refractivity contribution in [3.8, 4) is 0 Å². The highest BCUT2D eigenvalue weighted by atomic mass is 33.1. The Kier molecular flexibility index (Phi) is 18.8. The fourth-order valence-electron chi connectivity index (χ4n) is 1.97. The molecule has 0 heterocycles. The van der Waals surface area contributed by atoms with E-state index in [-0.39, 0.29) is 0 Å². The van der Waals surface area contributed by atoms with Crippen LogP contribution in [-0.2, 0) is 4.74 Å². The summed E-state index contributed by atoms with van der Waals surface area (Å²) in [5.41, 5.74) is 10.4. The van der Waals surface area contributed by atoms with Crippen LogP contribution < -0.4 is 16.6 Å². The van der Waals surface area contributed by atoms with E-state index in [1.165, 1.54) is 63.5 Å². The minimum Gasteiger partial charge on any atom is -0.448 e. The largest absolute Gasteiger partial charge is 0.448 e. The SMILES string of the molecule is CNNC(=O)OCCSSCCCCCCCCCCCN. The molecule has 0 saturated carbocycles. The number of carbonyl (C=O) groups is 1. The number of ether oxygens (including phenoxy) is 1. The highest BCUT2D eigenvalue weighted by Crippen LogP contribution is 2.22. The fraction of sp³-hybridized carbons (Fsp3) is 0.933. The first kappa shape index (κ1) is 21.9. The Balaban J connectivity index is 3.01. The van der Waals surface area contributed by atoms with Crippen molar-refractivity contribution in [1.29, 1.82) is 0 Å². The normalized spacial score (nSPS) is 10.6. The smallest absolute Gasteiger partial charge is 0.421 e. The van der Waals surface area contributed by atoms with E-state index in [0.717, 1.165) is 12.3 Å². The second-order valence-electron chi connectivity index (χ2n) is 5.13. The van der Waals surface area contributed by atoms with Gasteiger partial charge in [0.1, 0.15) is 6.61 Å².